The highest BCUT2D eigenvalue weighted by molar-refractivity contribution is 7.99. The molecule has 102 valence electrons. The molecule has 2 aromatic rings. The van der Waals surface area contributed by atoms with Gasteiger partial charge in [-0.1, -0.05) is 0 Å². The van der Waals surface area contributed by atoms with Crippen LogP contribution in [-0.2, 0) is 18.4 Å². The number of aryl methyl sites for hydroxylation is 1. The minimum atomic E-state index is 0.361. The van der Waals surface area contributed by atoms with E-state index in [0.29, 0.717) is 24.9 Å². The molecule has 0 amide bonds. The lowest BCUT2D eigenvalue weighted by molar-refractivity contribution is 0.128. The van der Waals surface area contributed by atoms with E-state index in [2.05, 4.69) is 20.4 Å². The molecule has 2 rings (SSSR count). The summed E-state index contributed by atoms with van der Waals surface area (Å²) in [7, 11) is 1.93. The van der Waals surface area contributed by atoms with E-state index in [4.69, 9.17) is 10.6 Å². The van der Waals surface area contributed by atoms with E-state index in [1.807, 2.05) is 24.7 Å². The average Bonchev–Trinajstić information content (AvgIpc) is 2.81. The molecule has 0 saturated carbocycles. The van der Waals surface area contributed by atoms with Gasteiger partial charge in [0.15, 0.2) is 11.0 Å². The quantitative estimate of drug-likeness (QED) is 0.466. The van der Waals surface area contributed by atoms with Gasteiger partial charge in [0.25, 0.3) is 0 Å². The first-order valence-electron chi connectivity index (χ1n) is 5.80. The minimum Gasteiger partial charge on any atom is -0.374 e. The summed E-state index contributed by atoms with van der Waals surface area (Å²) in [6.45, 7) is 2.90. The van der Waals surface area contributed by atoms with Gasteiger partial charge in [0.2, 0.25) is 0 Å². The number of ether oxygens (including phenoxy) is 1. The molecule has 0 aromatic carbocycles. The number of nitrogens with zero attached hydrogens (tertiary/aromatic N) is 4. The summed E-state index contributed by atoms with van der Waals surface area (Å²) in [5.41, 5.74) is 2.53. The fourth-order valence-electron chi connectivity index (χ4n) is 1.40. The number of aromatic nitrogens is 4. The van der Waals surface area contributed by atoms with Crippen molar-refractivity contribution in [3.8, 4) is 0 Å². The van der Waals surface area contributed by atoms with Crippen LogP contribution in [0, 0.1) is 0 Å². The van der Waals surface area contributed by atoms with Crippen LogP contribution in [0.3, 0.4) is 0 Å². The third-order valence-electron chi connectivity index (χ3n) is 2.30. The second kappa shape index (κ2) is 6.50. The normalized spacial score (nSPS) is 10.7. The first-order valence-corrected chi connectivity index (χ1v) is 6.62. The Balaban J connectivity index is 2.21. The molecule has 0 aliphatic carbocycles. The van der Waals surface area contributed by atoms with Crippen molar-refractivity contribution in [1.29, 1.82) is 0 Å². The topological polar surface area (TPSA) is 90.9 Å². The molecule has 7 nitrogen and oxygen atoms in total. The van der Waals surface area contributed by atoms with E-state index < -0.39 is 0 Å². The SMILES string of the molecule is CCOCc1nc(NN)cc(Sc2nccn2C)n1. The number of anilines is 1. The van der Waals surface area contributed by atoms with Crippen LogP contribution in [0.25, 0.3) is 0 Å². The maximum Gasteiger partial charge on any atom is 0.174 e. The molecule has 0 fully saturated rings. The maximum atomic E-state index is 5.41. The van der Waals surface area contributed by atoms with Crippen LogP contribution >= 0.6 is 11.8 Å². The molecule has 0 aliphatic rings. The molecule has 19 heavy (non-hydrogen) atoms. The van der Waals surface area contributed by atoms with Gasteiger partial charge < -0.3 is 14.7 Å². The lowest BCUT2D eigenvalue weighted by Gasteiger charge is -2.07. The molecule has 8 heteroatoms. The maximum absolute atomic E-state index is 5.41. The zero-order valence-electron chi connectivity index (χ0n) is 10.8. The van der Waals surface area contributed by atoms with Gasteiger partial charge in [-0.05, 0) is 18.7 Å². The van der Waals surface area contributed by atoms with E-state index in [0.717, 1.165) is 10.2 Å². The summed E-state index contributed by atoms with van der Waals surface area (Å²) < 4.78 is 7.23. The summed E-state index contributed by atoms with van der Waals surface area (Å²) in [6, 6.07) is 1.77. The largest absolute Gasteiger partial charge is 0.374 e. The molecule has 2 heterocycles. The van der Waals surface area contributed by atoms with E-state index in [9.17, 15) is 0 Å². The molecule has 0 aliphatic heterocycles. The van der Waals surface area contributed by atoms with E-state index in [1.165, 1.54) is 11.8 Å². The molecule has 0 unspecified atom stereocenters. The van der Waals surface area contributed by atoms with Gasteiger partial charge in [-0.3, -0.25) is 0 Å². The summed E-state index contributed by atoms with van der Waals surface area (Å²) in [6.07, 6.45) is 3.62. The number of nitrogens with two attached hydrogens (primary N) is 1. The van der Waals surface area contributed by atoms with Crippen molar-refractivity contribution in [3.05, 3.63) is 24.3 Å². The van der Waals surface area contributed by atoms with Crippen molar-refractivity contribution in [2.75, 3.05) is 12.0 Å². The van der Waals surface area contributed by atoms with Crippen molar-refractivity contribution < 1.29 is 4.74 Å². The predicted molar refractivity (Wildman–Crippen MR) is 72.5 cm³/mol. The average molecular weight is 280 g/mol. The zero-order chi connectivity index (χ0) is 13.7. The molecule has 0 bridgehead atoms. The molecule has 0 saturated heterocycles. The van der Waals surface area contributed by atoms with Gasteiger partial charge in [-0.25, -0.2) is 20.8 Å². The third kappa shape index (κ3) is 3.66. The van der Waals surface area contributed by atoms with Crippen LogP contribution < -0.4 is 11.3 Å². The number of hydrogen-bond donors (Lipinski definition) is 2. The number of nitrogens with one attached hydrogen (secondary N) is 1. The molecule has 0 radical (unpaired) electrons. The molecular formula is C11H16N6OS. The number of imidazole rings is 1. The van der Waals surface area contributed by atoms with Gasteiger partial charge >= 0.3 is 0 Å². The van der Waals surface area contributed by atoms with Gasteiger partial charge in [-0.2, -0.15) is 0 Å². The van der Waals surface area contributed by atoms with Crippen molar-refractivity contribution in [2.45, 2.75) is 23.7 Å². The van der Waals surface area contributed by atoms with Gasteiger partial charge in [0.1, 0.15) is 17.5 Å². The predicted octanol–water partition coefficient (Wildman–Crippen LogP) is 1.18. The number of rotatable bonds is 6. The Hall–Kier alpha value is -1.64. The lowest BCUT2D eigenvalue weighted by Crippen LogP contribution is -2.11. The van der Waals surface area contributed by atoms with Crippen LogP contribution in [0.5, 0.6) is 0 Å². The van der Waals surface area contributed by atoms with Crippen molar-refractivity contribution in [1.82, 2.24) is 19.5 Å². The molecule has 0 atom stereocenters. The zero-order valence-corrected chi connectivity index (χ0v) is 11.6. The third-order valence-corrected chi connectivity index (χ3v) is 3.30. The minimum absolute atomic E-state index is 0.361. The number of hydrogen-bond acceptors (Lipinski definition) is 7. The first-order chi connectivity index (χ1) is 9.22. The fourth-order valence-corrected chi connectivity index (χ4v) is 2.23. The summed E-state index contributed by atoms with van der Waals surface area (Å²) in [5, 5.41) is 1.62. The molecule has 3 N–H and O–H groups in total. The summed E-state index contributed by atoms with van der Waals surface area (Å²) in [4.78, 5) is 12.9. The summed E-state index contributed by atoms with van der Waals surface area (Å²) >= 11 is 1.45. The highest BCUT2D eigenvalue weighted by atomic mass is 32.2. The van der Waals surface area contributed by atoms with Gasteiger partial charge in [0, 0.05) is 32.1 Å². The summed E-state index contributed by atoms with van der Waals surface area (Å²) in [5.74, 6) is 6.56. The van der Waals surface area contributed by atoms with Crippen LogP contribution in [0.2, 0.25) is 0 Å². The van der Waals surface area contributed by atoms with E-state index in [-0.39, 0.29) is 0 Å². The Bertz CT molecular complexity index is 544. The van der Waals surface area contributed by atoms with Crippen molar-refractivity contribution in [2.24, 2.45) is 12.9 Å². The Labute approximate surface area is 115 Å². The smallest absolute Gasteiger partial charge is 0.174 e. The Morgan fingerprint density at radius 1 is 1.47 bits per heavy atom. The highest BCUT2D eigenvalue weighted by Crippen LogP contribution is 2.25. The van der Waals surface area contributed by atoms with Crippen LogP contribution in [0.1, 0.15) is 12.7 Å². The molecule has 0 spiro atoms. The fraction of sp³-hybridized carbons (Fsp3) is 0.364. The molecule has 2 aromatic heterocycles. The Kier molecular flexibility index (Phi) is 4.72. The number of nitrogen functional groups attached to an aromatic ring is 1. The highest BCUT2D eigenvalue weighted by Gasteiger charge is 2.08. The van der Waals surface area contributed by atoms with E-state index in [1.54, 1.807) is 12.3 Å². The van der Waals surface area contributed by atoms with Crippen molar-refractivity contribution >= 4 is 17.6 Å². The van der Waals surface area contributed by atoms with Gasteiger partial charge in [-0.15, -0.1) is 0 Å². The standard InChI is InChI=1S/C11H16N6OS/c1-3-18-7-9-14-8(16-12)6-10(15-9)19-11-13-4-5-17(11)2/h4-6H,3,7,12H2,1-2H3,(H,14,15,16). The Morgan fingerprint density at radius 3 is 2.95 bits per heavy atom. The molecular weight excluding hydrogens is 264 g/mol. The first kappa shape index (κ1) is 13.8. The monoisotopic (exact) mass is 280 g/mol. The van der Waals surface area contributed by atoms with Crippen molar-refractivity contribution in [3.63, 3.8) is 0 Å². The van der Waals surface area contributed by atoms with Crippen LogP contribution in [0.4, 0.5) is 5.82 Å². The van der Waals surface area contributed by atoms with Crippen LogP contribution in [0.15, 0.2) is 28.6 Å². The lowest BCUT2D eigenvalue weighted by atomic mass is 10.5. The van der Waals surface area contributed by atoms with Gasteiger partial charge in [0.05, 0.1) is 0 Å². The Morgan fingerprint density at radius 2 is 2.32 bits per heavy atom. The number of hydrazine groups is 1. The second-order valence-corrected chi connectivity index (χ2v) is 4.70. The van der Waals surface area contributed by atoms with E-state index >= 15 is 0 Å². The van der Waals surface area contributed by atoms with Crippen LogP contribution in [-0.4, -0.2) is 26.1 Å². The second-order valence-electron chi connectivity index (χ2n) is 3.71.